The molecule has 7 heteroatoms. The Hall–Kier alpha value is -7.69. The number of hydrogen-bond donors (Lipinski definition) is 0. The average Bonchev–Trinajstić information content (AvgIpc) is 3.69. The molecule has 0 unspecified atom stereocenters. The van der Waals surface area contributed by atoms with Gasteiger partial charge in [-0.15, -0.1) is 0 Å². The maximum atomic E-state index is 2.74. The van der Waals surface area contributed by atoms with Gasteiger partial charge in [-0.05, 0) is 0 Å². The van der Waals surface area contributed by atoms with Crippen molar-refractivity contribution < 1.29 is 0 Å². The summed E-state index contributed by atoms with van der Waals surface area (Å²) >= 11 is 0.167. The molecule has 0 bridgehead atoms. The van der Waals surface area contributed by atoms with E-state index in [4.69, 9.17) is 0 Å². The average molecular weight is 918 g/mol. The van der Waals surface area contributed by atoms with Crippen LogP contribution in [0.2, 0.25) is 0 Å². The molecule has 10 aromatic rings. The summed E-state index contributed by atoms with van der Waals surface area (Å²) in [6.45, 7) is 4.84. The Morgan fingerprint density at radius 1 is 0.299 bits per heavy atom. The first-order valence-corrected chi connectivity index (χ1v) is 25.1. The van der Waals surface area contributed by atoms with Crippen molar-refractivity contribution in [2.75, 3.05) is 19.6 Å². The molecule has 0 atom stereocenters. The number of hydrogen-bond acceptors (Lipinski definition) is 4. The Morgan fingerprint density at radius 2 is 0.642 bits per heavy atom. The number of benzene rings is 9. The zero-order chi connectivity index (χ0) is 44.1. The standard InChI is InChI=1S/C60H40B2N4Se/c1-37-57-58(38(2)67-37)66-54-36-42(40-21-9-4-10-22-40)34-52-56(54)62(46-28-16-18-30-50(46)64(52)44-25-13-6-14-26-44)48-32-31-47-59(60(48)66)65(57)53-35-41(39-19-7-3-8-20-39)33-51-55(53)61(47)45-27-15-17-29-49(45)63(51)43-23-11-5-12-24-43/h3-36H,1-2H3. The van der Waals surface area contributed by atoms with E-state index in [1.165, 1.54) is 132 Å². The van der Waals surface area contributed by atoms with E-state index in [0.29, 0.717) is 0 Å². The van der Waals surface area contributed by atoms with Crippen molar-refractivity contribution in [2.24, 2.45) is 0 Å². The molecule has 0 saturated heterocycles. The van der Waals surface area contributed by atoms with Crippen LogP contribution in [0.15, 0.2) is 206 Å². The topological polar surface area (TPSA) is 13.0 Å². The van der Waals surface area contributed by atoms with E-state index < -0.39 is 0 Å². The van der Waals surface area contributed by atoms with E-state index in [-0.39, 0.29) is 27.9 Å². The number of rotatable bonds is 4. The minimum absolute atomic E-state index is 0.0173. The molecule has 6 heterocycles. The monoisotopic (exact) mass is 918 g/mol. The summed E-state index contributed by atoms with van der Waals surface area (Å²) < 4.78 is 2.92. The number of nitrogens with zero attached hydrogens (tertiary/aromatic N) is 4. The van der Waals surface area contributed by atoms with Crippen molar-refractivity contribution in [3.63, 3.8) is 0 Å². The summed E-state index contributed by atoms with van der Waals surface area (Å²) in [6, 6.07) is 77.3. The quantitative estimate of drug-likeness (QED) is 0.163. The summed E-state index contributed by atoms with van der Waals surface area (Å²) in [7, 11) is 0. The van der Waals surface area contributed by atoms with Crippen LogP contribution in [0, 0.1) is 13.8 Å². The molecule has 9 aromatic carbocycles. The van der Waals surface area contributed by atoms with E-state index >= 15 is 0 Å². The van der Waals surface area contributed by atoms with Crippen molar-refractivity contribution in [1.82, 2.24) is 0 Å². The van der Waals surface area contributed by atoms with Crippen LogP contribution in [0.25, 0.3) is 22.3 Å². The van der Waals surface area contributed by atoms with Crippen LogP contribution in [-0.4, -0.2) is 27.9 Å². The van der Waals surface area contributed by atoms with Gasteiger partial charge in [-0.25, -0.2) is 0 Å². The van der Waals surface area contributed by atoms with Gasteiger partial charge in [0, 0.05) is 0 Å². The molecule has 0 spiro atoms. The molecule has 312 valence electrons. The molecule has 0 radical (unpaired) electrons. The zero-order valence-electron chi connectivity index (χ0n) is 37.0. The van der Waals surface area contributed by atoms with Gasteiger partial charge in [-0.3, -0.25) is 0 Å². The molecule has 1 aromatic heterocycles. The van der Waals surface area contributed by atoms with Gasteiger partial charge in [-0.2, -0.15) is 0 Å². The Labute approximate surface area is 397 Å². The fourth-order valence-electron chi connectivity index (χ4n) is 12.4. The Morgan fingerprint density at radius 3 is 1.04 bits per heavy atom. The predicted octanol–water partition coefficient (Wildman–Crippen LogP) is 11.2. The fourth-order valence-corrected chi connectivity index (χ4v) is 14.6. The van der Waals surface area contributed by atoms with E-state index in [2.05, 4.69) is 240 Å². The molecule has 0 fully saturated rings. The predicted molar refractivity (Wildman–Crippen MR) is 285 cm³/mol. The number of anilines is 12. The van der Waals surface area contributed by atoms with E-state index in [9.17, 15) is 0 Å². The van der Waals surface area contributed by atoms with Crippen LogP contribution in [0.3, 0.4) is 0 Å². The fraction of sp³-hybridized carbons (Fsp3) is 0.0333. The van der Waals surface area contributed by atoms with Crippen molar-refractivity contribution >= 4 is 129 Å². The summed E-state index contributed by atoms with van der Waals surface area (Å²) in [5.41, 5.74) is 28.1. The van der Waals surface area contributed by atoms with Crippen LogP contribution in [0.1, 0.15) is 8.87 Å². The van der Waals surface area contributed by atoms with Gasteiger partial charge in [0.05, 0.1) is 0 Å². The molecular formula is C60H40B2N4Se. The van der Waals surface area contributed by atoms with Gasteiger partial charge in [0.25, 0.3) is 0 Å². The number of aryl methyl sites for hydroxylation is 2. The molecule has 4 nitrogen and oxygen atoms in total. The number of fused-ring (bicyclic) bond motifs is 11. The van der Waals surface area contributed by atoms with Gasteiger partial charge in [0.1, 0.15) is 0 Å². The SMILES string of the molecule is Cc1[se]c(C)c2c1N1c3cc(-c4ccccc4)cc4c3B(c3ccccc3N4c3ccccc3)c3ccc4c(c31)N2c1cc(-c2ccccc2)cc2c1B4c1ccccc1N2c1ccccc1. The zero-order valence-corrected chi connectivity index (χ0v) is 38.7. The van der Waals surface area contributed by atoms with Crippen molar-refractivity contribution in [3.05, 3.63) is 215 Å². The second-order valence-corrected chi connectivity index (χ2v) is 21.4. The first-order chi connectivity index (χ1) is 33.1. The van der Waals surface area contributed by atoms with Gasteiger partial charge >= 0.3 is 400 Å². The maximum absolute atomic E-state index is 2.74. The van der Waals surface area contributed by atoms with Crippen LogP contribution in [0.5, 0.6) is 0 Å². The minimum atomic E-state index is 0.0173. The van der Waals surface area contributed by atoms with Crippen LogP contribution in [-0.2, 0) is 0 Å². The van der Waals surface area contributed by atoms with Gasteiger partial charge in [-0.1, -0.05) is 0 Å². The molecular weight excluding hydrogens is 877 g/mol. The molecule has 5 aliphatic heterocycles. The molecule has 67 heavy (non-hydrogen) atoms. The van der Waals surface area contributed by atoms with Crippen molar-refractivity contribution in [1.29, 1.82) is 0 Å². The Bertz CT molecular complexity index is 3460. The Balaban J connectivity index is 1.09. The third-order valence-electron chi connectivity index (χ3n) is 15.0. The molecule has 0 aliphatic carbocycles. The second kappa shape index (κ2) is 13.9. The summed E-state index contributed by atoms with van der Waals surface area (Å²) in [5.74, 6) is 0. The van der Waals surface area contributed by atoms with Crippen LogP contribution < -0.4 is 52.4 Å². The third kappa shape index (κ3) is 5.05. The number of para-hydroxylation sites is 4. The molecule has 0 N–H and O–H groups in total. The van der Waals surface area contributed by atoms with E-state index in [0.717, 1.165) is 0 Å². The normalized spacial score (nSPS) is 13.9. The van der Waals surface area contributed by atoms with E-state index in [1.54, 1.807) is 0 Å². The molecule has 0 amide bonds. The van der Waals surface area contributed by atoms with Crippen molar-refractivity contribution in [2.45, 2.75) is 13.8 Å². The summed E-state index contributed by atoms with van der Waals surface area (Å²) in [4.78, 5) is 10.5. The summed E-state index contributed by atoms with van der Waals surface area (Å²) in [6.07, 6.45) is 0. The third-order valence-corrected chi connectivity index (χ3v) is 17.1. The van der Waals surface area contributed by atoms with Gasteiger partial charge in [0.15, 0.2) is 0 Å². The van der Waals surface area contributed by atoms with Crippen LogP contribution >= 0.6 is 0 Å². The van der Waals surface area contributed by atoms with E-state index in [1.807, 2.05) is 0 Å². The van der Waals surface area contributed by atoms with Gasteiger partial charge < -0.3 is 0 Å². The molecule has 0 saturated carbocycles. The second-order valence-electron chi connectivity index (χ2n) is 18.4. The molecule has 5 aliphatic rings. The first-order valence-electron chi connectivity index (χ1n) is 23.3. The van der Waals surface area contributed by atoms with Crippen molar-refractivity contribution in [3.8, 4) is 22.3 Å². The Kier molecular flexibility index (Phi) is 7.79. The van der Waals surface area contributed by atoms with Gasteiger partial charge in [0.2, 0.25) is 0 Å². The van der Waals surface area contributed by atoms with Crippen LogP contribution in [0.4, 0.5) is 68.2 Å². The first kappa shape index (κ1) is 37.5. The molecule has 15 rings (SSSR count). The summed E-state index contributed by atoms with van der Waals surface area (Å²) in [5, 5.41) is 0.